The molecule has 2 aliphatic rings. The van der Waals surface area contributed by atoms with E-state index in [1.54, 1.807) is 4.90 Å². The summed E-state index contributed by atoms with van der Waals surface area (Å²) in [5, 5.41) is 2.92. The van der Waals surface area contributed by atoms with Crippen molar-refractivity contribution in [3.63, 3.8) is 0 Å². The molecule has 1 saturated carbocycles. The fourth-order valence-electron chi connectivity index (χ4n) is 3.31. The lowest BCUT2D eigenvalue weighted by molar-refractivity contribution is -0.141. The summed E-state index contributed by atoms with van der Waals surface area (Å²) in [6.07, 6.45) is 5.61. The Kier molecular flexibility index (Phi) is 4.60. The van der Waals surface area contributed by atoms with E-state index >= 15 is 0 Å². The van der Waals surface area contributed by atoms with E-state index in [-0.39, 0.29) is 36.6 Å². The molecule has 1 atom stereocenters. The lowest BCUT2D eigenvalue weighted by Gasteiger charge is -2.39. The van der Waals surface area contributed by atoms with Gasteiger partial charge in [0.2, 0.25) is 11.8 Å². The van der Waals surface area contributed by atoms with Gasteiger partial charge >= 0.3 is 0 Å². The van der Waals surface area contributed by atoms with Crippen LogP contribution < -0.4 is 5.32 Å². The first-order valence-electron chi connectivity index (χ1n) is 7.53. The quantitative estimate of drug-likeness (QED) is 0.820. The molecule has 2 fully saturated rings. The fourth-order valence-corrected chi connectivity index (χ4v) is 3.83. The second-order valence-corrected chi connectivity index (χ2v) is 8.63. The van der Waals surface area contributed by atoms with Crippen LogP contribution in [0.3, 0.4) is 0 Å². The molecular weight excluding hydrogens is 292 g/mol. The fraction of sp³-hybridized carbons (Fsp3) is 0.857. The minimum absolute atomic E-state index is 0.0622. The van der Waals surface area contributed by atoms with Gasteiger partial charge in [-0.2, -0.15) is 0 Å². The summed E-state index contributed by atoms with van der Waals surface area (Å²) in [6, 6.07) is -0.263. The van der Waals surface area contributed by atoms with E-state index in [1.807, 2.05) is 6.92 Å². The Bertz CT molecular complexity index is 523. The maximum absolute atomic E-state index is 12.9. The van der Waals surface area contributed by atoms with Gasteiger partial charge in [0.15, 0.2) is 0 Å². The number of amides is 2. The van der Waals surface area contributed by atoms with Gasteiger partial charge in [-0.05, 0) is 19.8 Å². The molecule has 0 aromatic rings. The van der Waals surface area contributed by atoms with E-state index in [4.69, 9.17) is 0 Å². The Morgan fingerprint density at radius 2 is 1.86 bits per heavy atom. The Hall–Kier alpha value is -1.11. The lowest BCUT2D eigenvalue weighted by Crippen LogP contribution is -2.59. The highest BCUT2D eigenvalue weighted by Crippen LogP contribution is 2.32. The van der Waals surface area contributed by atoms with Crippen LogP contribution in [-0.4, -0.2) is 55.3 Å². The van der Waals surface area contributed by atoms with E-state index in [2.05, 4.69) is 5.32 Å². The summed E-state index contributed by atoms with van der Waals surface area (Å²) in [5.74, 6) is -0.281. The van der Waals surface area contributed by atoms with Gasteiger partial charge < -0.3 is 10.2 Å². The minimum atomic E-state index is -3.14. The van der Waals surface area contributed by atoms with E-state index in [0.29, 0.717) is 12.8 Å². The molecule has 120 valence electrons. The van der Waals surface area contributed by atoms with Crippen molar-refractivity contribution in [3.05, 3.63) is 0 Å². The van der Waals surface area contributed by atoms with Crippen LogP contribution in [0.15, 0.2) is 0 Å². The molecule has 1 unspecified atom stereocenters. The zero-order chi connectivity index (χ0) is 15.7. The van der Waals surface area contributed by atoms with Gasteiger partial charge in [-0.3, -0.25) is 9.59 Å². The van der Waals surface area contributed by atoms with Gasteiger partial charge in [0.1, 0.15) is 15.4 Å². The summed E-state index contributed by atoms with van der Waals surface area (Å²) in [4.78, 5) is 26.6. The SMILES string of the molecule is CC1CC(=O)NC2(CCCCC2)C(=O)N1CCS(C)(=O)=O. The topological polar surface area (TPSA) is 83.6 Å². The van der Waals surface area contributed by atoms with Gasteiger partial charge in [-0.15, -0.1) is 0 Å². The van der Waals surface area contributed by atoms with E-state index < -0.39 is 15.4 Å². The molecule has 0 aromatic heterocycles. The summed E-state index contributed by atoms with van der Waals surface area (Å²) < 4.78 is 22.8. The van der Waals surface area contributed by atoms with Crippen LogP contribution in [0, 0.1) is 0 Å². The molecule has 0 bridgehead atoms. The first-order chi connectivity index (χ1) is 9.73. The summed E-state index contributed by atoms with van der Waals surface area (Å²) in [5.41, 5.74) is -0.808. The third-order valence-corrected chi connectivity index (χ3v) is 5.40. The standard InChI is InChI=1S/C14H24N2O4S/c1-11-10-12(17)15-14(6-4-3-5-7-14)13(18)16(11)8-9-21(2,19)20/h11H,3-10H2,1-2H3,(H,15,17). The average Bonchev–Trinajstić information content (AvgIpc) is 2.44. The number of hydrogen-bond donors (Lipinski definition) is 1. The number of carbonyl (C=O) groups excluding carboxylic acids is 2. The van der Waals surface area contributed by atoms with Crippen LogP contribution in [0.4, 0.5) is 0 Å². The molecule has 0 aromatic carbocycles. The van der Waals surface area contributed by atoms with Crippen molar-refractivity contribution in [2.45, 2.75) is 57.0 Å². The number of sulfone groups is 1. The molecule has 6 nitrogen and oxygen atoms in total. The summed E-state index contributed by atoms with van der Waals surface area (Å²) >= 11 is 0. The van der Waals surface area contributed by atoms with Gasteiger partial charge in [0.05, 0.1) is 5.75 Å². The van der Waals surface area contributed by atoms with Crippen LogP contribution in [0.5, 0.6) is 0 Å². The first-order valence-corrected chi connectivity index (χ1v) is 9.59. The van der Waals surface area contributed by atoms with Gasteiger partial charge in [0.25, 0.3) is 0 Å². The number of rotatable bonds is 3. The Morgan fingerprint density at radius 3 is 2.43 bits per heavy atom. The van der Waals surface area contributed by atoms with Crippen LogP contribution in [0.1, 0.15) is 45.4 Å². The maximum atomic E-state index is 12.9. The molecule has 1 aliphatic heterocycles. The van der Waals surface area contributed by atoms with Gasteiger partial charge in [-0.25, -0.2) is 8.42 Å². The molecule has 2 amide bonds. The van der Waals surface area contributed by atoms with E-state index in [0.717, 1.165) is 19.3 Å². The third kappa shape index (κ3) is 3.75. The second-order valence-electron chi connectivity index (χ2n) is 6.37. The van der Waals surface area contributed by atoms with E-state index in [1.165, 1.54) is 6.26 Å². The predicted octanol–water partition coefficient (Wildman–Crippen LogP) is 0.471. The molecule has 1 N–H and O–H groups in total. The highest BCUT2D eigenvalue weighted by Gasteiger charge is 2.46. The smallest absolute Gasteiger partial charge is 0.248 e. The molecule has 1 aliphatic carbocycles. The van der Waals surface area contributed by atoms with E-state index in [9.17, 15) is 18.0 Å². The number of hydrogen-bond acceptors (Lipinski definition) is 4. The highest BCUT2D eigenvalue weighted by atomic mass is 32.2. The van der Waals surface area contributed by atoms with Crippen LogP contribution in [0.25, 0.3) is 0 Å². The molecular formula is C14H24N2O4S. The van der Waals surface area contributed by atoms with Crippen LogP contribution in [0.2, 0.25) is 0 Å². The Balaban J connectivity index is 2.24. The number of carbonyl (C=O) groups is 2. The Morgan fingerprint density at radius 1 is 1.24 bits per heavy atom. The Labute approximate surface area is 126 Å². The summed E-state index contributed by atoms with van der Waals surface area (Å²) in [7, 11) is -3.14. The van der Waals surface area contributed by atoms with Crippen molar-refractivity contribution >= 4 is 21.7 Å². The number of nitrogens with zero attached hydrogens (tertiary/aromatic N) is 1. The van der Waals surface area contributed by atoms with Crippen molar-refractivity contribution in [1.29, 1.82) is 0 Å². The van der Waals surface area contributed by atoms with Crippen molar-refractivity contribution < 1.29 is 18.0 Å². The molecule has 2 rings (SSSR count). The zero-order valence-electron chi connectivity index (χ0n) is 12.7. The maximum Gasteiger partial charge on any atom is 0.248 e. The second kappa shape index (κ2) is 5.94. The van der Waals surface area contributed by atoms with Crippen molar-refractivity contribution in [2.75, 3.05) is 18.6 Å². The molecule has 1 spiro atoms. The van der Waals surface area contributed by atoms with Crippen molar-refractivity contribution in [2.24, 2.45) is 0 Å². The minimum Gasteiger partial charge on any atom is -0.342 e. The molecule has 21 heavy (non-hydrogen) atoms. The normalized spacial score (nSPS) is 26.6. The molecule has 0 radical (unpaired) electrons. The predicted molar refractivity (Wildman–Crippen MR) is 79.5 cm³/mol. The first kappa shape index (κ1) is 16.3. The van der Waals surface area contributed by atoms with Crippen LogP contribution in [-0.2, 0) is 19.4 Å². The number of nitrogens with one attached hydrogen (secondary N) is 1. The van der Waals surface area contributed by atoms with Gasteiger partial charge in [0, 0.05) is 25.3 Å². The summed E-state index contributed by atoms with van der Waals surface area (Å²) in [6.45, 7) is 1.97. The monoisotopic (exact) mass is 316 g/mol. The molecule has 1 saturated heterocycles. The van der Waals surface area contributed by atoms with Gasteiger partial charge in [-0.1, -0.05) is 19.3 Å². The molecule has 1 heterocycles. The highest BCUT2D eigenvalue weighted by molar-refractivity contribution is 7.90. The van der Waals surface area contributed by atoms with Crippen LogP contribution >= 0.6 is 0 Å². The lowest BCUT2D eigenvalue weighted by atomic mass is 9.80. The molecule has 7 heteroatoms. The third-order valence-electron chi connectivity index (χ3n) is 4.47. The van der Waals surface area contributed by atoms with Crippen molar-refractivity contribution in [3.8, 4) is 0 Å². The average molecular weight is 316 g/mol. The zero-order valence-corrected chi connectivity index (χ0v) is 13.5. The van der Waals surface area contributed by atoms with Crippen molar-refractivity contribution in [1.82, 2.24) is 10.2 Å². The largest absolute Gasteiger partial charge is 0.342 e.